The van der Waals surface area contributed by atoms with E-state index >= 15 is 0 Å². The number of pyridine rings is 1. The lowest BCUT2D eigenvalue weighted by Gasteiger charge is -2.38. The second kappa shape index (κ2) is 7.70. The van der Waals surface area contributed by atoms with Gasteiger partial charge in [0.1, 0.15) is 0 Å². The molecule has 2 aromatic heterocycles. The van der Waals surface area contributed by atoms with E-state index in [-0.39, 0.29) is 30.3 Å². The van der Waals surface area contributed by atoms with Gasteiger partial charge in [-0.1, -0.05) is 25.9 Å². The van der Waals surface area contributed by atoms with Crippen LogP contribution < -0.4 is 5.73 Å². The average molecular weight is 367 g/mol. The van der Waals surface area contributed by atoms with Crippen LogP contribution >= 0.6 is 12.4 Å². The zero-order valence-corrected chi connectivity index (χ0v) is 16.1. The number of likely N-dealkylation sites (tertiary alicyclic amines) is 1. The summed E-state index contributed by atoms with van der Waals surface area (Å²) in [6.07, 6.45) is 1.96. The van der Waals surface area contributed by atoms with Crippen molar-refractivity contribution in [3.63, 3.8) is 0 Å². The van der Waals surface area contributed by atoms with Crippen LogP contribution in [0.15, 0.2) is 10.6 Å². The van der Waals surface area contributed by atoms with Gasteiger partial charge in [0.15, 0.2) is 0 Å². The number of amides is 1. The van der Waals surface area contributed by atoms with Gasteiger partial charge >= 0.3 is 0 Å². The summed E-state index contributed by atoms with van der Waals surface area (Å²) >= 11 is 0. The number of aryl methyl sites for hydroxylation is 1. The first-order valence-corrected chi connectivity index (χ1v) is 8.70. The van der Waals surface area contributed by atoms with Crippen LogP contribution in [0.1, 0.15) is 61.3 Å². The molecule has 7 heteroatoms. The topological polar surface area (TPSA) is 85.2 Å². The first-order valence-electron chi connectivity index (χ1n) is 8.70. The van der Waals surface area contributed by atoms with E-state index in [9.17, 15) is 4.79 Å². The first kappa shape index (κ1) is 19.7. The van der Waals surface area contributed by atoms with Crippen LogP contribution in [0.25, 0.3) is 11.1 Å². The Balaban J connectivity index is 0.00000225. The van der Waals surface area contributed by atoms with Crippen molar-refractivity contribution in [2.75, 3.05) is 13.1 Å². The van der Waals surface area contributed by atoms with Crippen molar-refractivity contribution in [1.29, 1.82) is 0 Å². The highest BCUT2D eigenvalue weighted by atomic mass is 35.5. The molecule has 0 radical (unpaired) electrons. The molecule has 1 aliphatic heterocycles. The number of piperidine rings is 1. The first-order chi connectivity index (χ1) is 11.4. The van der Waals surface area contributed by atoms with E-state index in [0.717, 1.165) is 36.2 Å². The molecule has 2 aromatic rings. The summed E-state index contributed by atoms with van der Waals surface area (Å²) in [6.45, 7) is 9.40. The van der Waals surface area contributed by atoms with Gasteiger partial charge < -0.3 is 15.2 Å². The smallest absolute Gasteiger partial charge is 0.259 e. The maximum Gasteiger partial charge on any atom is 0.259 e. The van der Waals surface area contributed by atoms with Crippen molar-refractivity contribution in [3.8, 4) is 0 Å². The molecule has 1 aliphatic rings. The number of nitrogens with zero attached hydrogens (tertiary/aromatic N) is 3. The van der Waals surface area contributed by atoms with Crippen molar-refractivity contribution in [2.24, 2.45) is 11.7 Å². The molecule has 1 saturated heterocycles. The third-order valence-corrected chi connectivity index (χ3v) is 4.89. The zero-order chi connectivity index (χ0) is 17.4. The van der Waals surface area contributed by atoms with Crippen LogP contribution in [0.3, 0.4) is 0 Å². The van der Waals surface area contributed by atoms with E-state index in [1.807, 2.05) is 31.7 Å². The Morgan fingerprint density at radius 1 is 1.48 bits per heavy atom. The number of hydrogen-bond acceptors (Lipinski definition) is 5. The Morgan fingerprint density at radius 3 is 2.84 bits per heavy atom. The van der Waals surface area contributed by atoms with Gasteiger partial charge in [0.2, 0.25) is 0 Å². The molecule has 0 aromatic carbocycles. The maximum atomic E-state index is 13.3. The lowest BCUT2D eigenvalue weighted by Crippen LogP contribution is -2.49. The summed E-state index contributed by atoms with van der Waals surface area (Å²) in [4.78, 5) is 19.6. The van der Waals surface area contributed by atoms with E-state index in [0.29, 0.717) is 23.7 Å². The minimum Gasteiger partial charge on any atom is -0.335 e. The largest absolute Gasteiger partial charge is 0.335 e. The molecule has 2 unspecified atom stereocenters. The number of aromatic nitrogens is 2. The molecular weight excluding hydrogens is 340 g/mol. The van der Waals surface area contributed by atoms with Crippen molar-refractivity contribution >= 4 is 29.4 Å². The summed E-state index contributed by atoms with van der Waals surface area (Å²) in [7, 11) is 0. The Bertz CT molecular complexity index is 759. The average Bonchev–Trinajstić information content (AvgIpc) is 2.97. The summed E-state index contributed by atoms with van der Waals surface area (Å²) in [5.41, 5.74) is 8.56. The molecule has 0 aliphatic carbocycles. The quantitative estimate of drug-likeness (QED) is 0.900. The number of halogens is 1. The Labute approximate surface area is 154 Å². The number of nitrogens with two attached hydrogens (primary N) is 1. The molecule has 3 rings (SSSR count). The minimum atomic E-state index is 0. The van der Waals surface area contributed by atoms with Gasteiger partial charge in [-0.3, -0.25) is 4.79 Å². The summed E-state index contributed by atoms with van der Waals surface area (Å²) < 4.78 is 5.38. The summed E-state index contributed by atoms with van der Waals surface area (Å²) in [6, 6.07) is 1.94. The SMILES string of the molecule is Cc1cc(C(=O)N2CCC(C)CC2CN)c2c(C(C)C)noc2n1.Cl. The Hall–Kier alpha value is -1.66. The van der Waals surface area contributed by atoms with E-state index < -0.39 is 0 Å². The second-order valence-corrected chi connectivity index (χ2v) is 7.23. The predicted molar refractivity (Wildman–Crippen MR) is 100 cm³/mol. The predicted octanol–water partition coefficient (Wildman–Crippen LogP) is 3.28. The van der Waals surface area contributed by atoms with Gasteiger partial charge in [-0.25, -0.2) is 4.98 Å². The van der Waals surface area contributed by atoms with Crippen LogP contribution in [-0.4, -0.2) is 40.1 Å². The standard InChI is InChI=1S/C18H26N4O2.ClH/c1-10(2)16-15-14(8-12(4)20-17(15)24-21-16)18(23)22-6-5-11(3)7-13(22)9-19;/h8,10-11,13H,5-7,9,19H2,1-4H3;1H. The fourth-order valence-corrected chi connectivity index (χ4v) is 3.56. The highest BCUT2D eigenvalue weighted by molar-refractivity contribution is 6.06. The second-order valence-electron chi connectivity index (χ2n) is 7.23. The Kier molecular flexibility index (Phi) is 6.06. The third-order valence-electron chi connectivity index (χ3n) is 4.89. The van der Waals surface area contributed by atoms with E-state index in [1.54, 1.807) is 0 Å². The van der Waals surface area contributed by atoms with Crippen LogP contribution in [0.5, 0.6) is 0 Å². The third kappa shape index (κ3) is 3.65. The monoisotopic (exact) mass is 366 g/mol. The number of fused-ring (bicyclic) bond motifs is 1. The van der Waals surface area contributed by atoms with Gasteiger partial charge in [-0.2, -0.15) is 0 Å². The highest BCUT2D eigenvalue weighted by Gasteiger charge is 2.32. The lowest BCUT2D eigenvalue weighted by molar-refractivity contribution is 0.0575. The number of rotatable bonds is 3. The van der Waals surface area contributed by atoms with Crippen molar-refractivity contribution in [1.82, 2.24) is 15.0 Å². The van der Waals surface area contributed by atoms with Crippen LogP contribution in [0.2, 0.25) is 0 Å². The van der Waals surface area contributed by atoms with Crippen molar-refractivity contribution < 1.29 is 9.32 Å². The summed E-state index contributed by atoms with van der Waals surface area (Å²) in [5, 5.41) is 4.89. The maximum absolute atomic E-state index is 13.3. The molecule has 2 N–H and O–H groups in total. The number of carbonyl (C=O) groups is 1. The molecule has 1 amide bonds. The number of carbonyl (C=O) groups excluding carboxylic acids is 1. The molecular formula is C18H27ClN4O2. The van der Waals surface area contributed by atoms with E-state index in [1.165, 1.54) is 0 Å². The number of hydrogen-bond donors (Lipinski definition) is 1. The molecule has 0 saturated carbocycles. The molecule has 138 valence electrons. The molecule has 1 fully saturated rings. The zero-order valence-electron chi connectivity index (χ0n) is 15.3. The molecule has 6 nitrogen and oxygen atoms in total. The fourth-order valence-electron chi connectivity index (χ4n) is 3.56. The van der Waals surface area contributed by atoms with Gasteiger partial charge in [0, 0.05) is 24.8 Å². The van der Waals surface area contributed by atoms with Crippen LogP contribution in [0.4, 0.5) is 0 Å². The highest BCUT2D eigenvalue weighted by Crippen LogP contribution is 2.30. The van der Waals surface area contributed by atoms with Gasteiger partial charge in [-0.15, -0.1) is 12.4 Å². The Morgan fingerprint density at radius 2 is 2.20 bits per heavy atom. The van der Waals surface area contributed by atoms with Crippen molar-refractivity contribution in [3.05, 3.63) is 23.0 Å². The van der Waals surface area contributed by atoms with Gasteiger partial charge in [-0.05, 0) is 37.7 Å². The molecule has 2 atom stereocenters. The minimum absolute atomic E-state index is 0. The normalized spacial score (nSPS) is 20.8. The summed E-state index contributed by atoms with van der Waals surface area (Å²) in [5.74, 6) is 0.774. The van der Waals surface area contributed by atoms with Crippen LogP contribution in [-0.2, 0) is 0 Å². The lowest BCUT2D eigenvalue weighted by atomic mass is 9.91. The van der Waals surface area contributed by atoms with Crippen LogP contribution in [0, 0.1) is 12.8 Å². The van der Waals surface area contributed by atoms with Crippen molar-refractivity contribution in [2.45, 2.75) is 52.5 Å². The van der Waals surface area contributed by atoms with E-state index in [4.69, 9.17) is 10.3 Å². The van der Waals surface area contributed by atoms with Gasteiger partial charge in [0.05, 0.1) is 16.6 Å². The molecule has 25 heavy (non-hydrogen) atoms. The van der Waals surface area contributed by atoms with E-state index in [2.05, 4.69) is 17.1 Å². The fraction of sp³-hybridized carbons (Fsp3) is 0.611. The van der Waals surface area contributed by atoms with Gasteiger partial charge in [0.25, 0.3) is 11.6 Å². The molecule has 0 bridgehead atoms. The molecule has 3 heterocycles. The molecule has 0 spiro atoms.